The summed E-state index contributed by atoms with van der Waals surface area (Å²) in [6.45, 7) is -0.0463. The normalized spacial score (nSPS) is 11.9. The average molecular weight is 380 g/mol. The maximum Gasteiger partial charge on any atom is 0.251 e. The molecule has 142 valence electrons. The van der Waals surface area contributed by atoms with Gasteiger partial charge in [0.2, 0.25) is 12.7 Å². The lowest BCUT2D eigenvalue weighted by molar-refractivity contribution is -0.115. The fourth-order valence-electron chi connectivity index (χ4n) is 2.72. The molecule has 2 heterocycles. The molecule has 2 amide bonds. The molecule has 0 atom stereocenters. The highest BCUT2D eigenvalue weighted by atomic mass is 16.7. The van der Waals surface area contributed by atoms with Gasteiger partial charge in [0, 0.05) is 23.9 Å². The monoisotopic (exact) mass is 380 g/mol. The summed E-state index contributed by atoms with van der Waals surface area (Å²) in [6.07, 6.45) is 0. The number of ether oxygens (including phenoxy) is 2. The number of hydrogen-bond acceptors (Lipinski definition) is 7. The molecule has 2 N–H and O–H groups in total. The molecular weight excluding hydrogens is 364 g/mol. The molecule has 0 saturated carbocycles. The number of tetrazole rings is 1. The lowest BCUT2D eigenvalue weighted by Gasteiger charge is -2.08. The molecule has 0 bridgehead atoms. The van der Waals surface area contributed by atoms with E-state index in [0.29, 0.717) is 28.6 Å². The van der Waals surface area contributed by atoms with Gasteiger partial charge in [-0.3, -0.25) is 9.59 Å². The summed E-state index contributed by atoms with van der Waals surface area (Å²) >= 11 is 0. The summed E-state index contributed by atoms with van der Waals surface area (Å²) in [6, 6.07) is 12.0. The maximum atomic E-state index is 12.2. The second-order valence-corrected chi connectivity index (χ2v) is 6.01. The Hall–Kier alpha value is -3.95. The summed E-state index contributed by atoms with van der Waals surface area (Å²) in [5.41, 5.74) is 1.71. The van der Waals surface area contributed by atoms with Gasteiger partial charge in [0.25, 0.3) is 5.91 Å². The molecule has 0 aliphatic carbocycles. The third-order valence-electron chi connectivity index (χ3n) is 4.07. The van der Waals surface area contributed by atoms with E-state index in [2.05, 4.69) is 26.2 Å². The van der Waals surface area contributed by atoms with Gasteiger partial charge in [0.15, 0.2) is 17.3 Å². The zero-order valence-electron chi connectivity index (χ0n) is 14.9. The number of aromatic nitrogens is 4. The molecule has 28 heavy (non-hydrogen) atoms. The van der Waals surface area contributed by atoms with Gasteiger partial charge in [-0.15, -0.1) is 5.10 Å². The Morgan fingerprint density at radius 2 is 2.00 bits per heavy atom. The Balaban J connectivity index is 1.36. The van der Waals surface area contributed by atoms with Crippen molar-refractivity contribution < 1.29 is 19.1 Å². The van der Waals surface area contributed by atoms with E-state index in [1.807, 2.05) is 6.07 Å². The number of aryl methyl sites for hydroxylation is 1. The fraction of sp³-hybridized carbons (Fsp3) is 0.167. The van der Waals surface area contributed by atoms with Crippen LogP contribution in [0.1, 0.15) is 10.4 Å². The van der Waals surface area contributed by atoms with Gasteiger partial charge >= 0.3 is 0 Å². The summed E-state index contributed by atoms with van der Waals surface area (Å²) < 4.78 is 12.0. The summed E-state index contributed by atoms with van der Waals surface area (Å²) in [7, 11) is 1.73. The smallest absolute Gasteiger partial charge is 0.251 e. The van der Waals surface area contributed by atoms with Gasteiger partial charge < -0.3 is 20.1 Å². The van der Waals surface area contributed by atoms with E-state index in [1.165, 1.54) is 4.68 Å². The Bertz CT molecular complexity index is 1050. The van der Waals surface area contributed by atoms with Gasteiger partial charge in [-0.2, -0.15) is 0 Å². The van der Waals surface area contributed by atoms with E-state index in [9.17, 15) is 9.59 Å². The quantitative estimate of drug-likeness (QED) is 0.677. The first-order valence-corrected chi connectivity index (χ1v) is 8.40. The Labute approximate surface area is 159 Å². The number of hydrogen-bond donors (Lipinski definition) is 2. The van der Waals surface area contributed by atoms with Crippen LogP contribution in [0.4, 0.5) is 5.69 Å². The number of fused-ring (bicyclic) bond motifs is 1. The summed E-state index contributed by atoms with van der Waals surface area (Å²) in [5, 5.41) is 16.6. The second-order valence-electron chi connectivity index (χ2n) is 6.01. The third kappa shape index (κ3) is 3.61. The van der Waals surface area contributed by atoms with Crippen LogP contribution in [0.15, 0.2) is 42.5 Å². The molecule has 0 fully saturated rings. The summed E-state index contributed by atoms with van der Waals surface area (Å²) in [4.78, 5) is 24.4. The predicted molar refractivity (Wildman–Crippen MR) is 97.8 cm³/mol. The minimum atomic E-state index is -0.382. The molecule has 3 aromatic rings. The van der Waals surface area contributed by atoms with E-state index in [4.69, 9.17) is 9.47 Å². The van der Waals surface area contributed by atoms with Crippen LogP contribution in [0, 0.1) is 0 Å². The molecule has 4 rings (SSSR count). The number of anilines is 1. The van der Waals surface area contributed by atoms with Crippen molar-refractivity contribution in [1.82, 2.24) is 25.5 Å². The minimum Gasteiger partial charge on any atom is -0.454 e. The highest BCUT2D eigenvalue weighted by Gasteiger charge is 2.16. The van der Waals surface area contributed by atoms with Crippen molar-refractivity contribution in [3.8, 4) is 22.9 Å². The first-order valence-electron chi connectivity index (χ1n) is 8.40. The maximum absolute atomic E-state index is 12.2. The van der Waals surface area contributed by atoms with Gasteiger partial charge in [0.1, 0.15) is 0 Å². The zero-order valence-corrected chi connectivity index (χ0v) is 14.9. The van der Waals surface area contributed by atoms with Crippen molar-refractivity contribution >= 4 is 17.5 Å². The molecule has 0 spiro atoms. The molecule has 1 aliphatic rings. The Morgan fingerprint density at radius 3 is 2.82 bits per heavy atom. The molecule has 1 aliphatic heterocycles. The number of carbonyl (C=O) groups is 2. The van der Waals surface area contributed by atoms with Crippen LogP contribution in [0.5, 0.6) is 11.5 Å². The van der Waals surface area contributed by atoms with Crippen molar-refractivity contribution in [3.63, 3.8) is 0 Å². The van der Waals surface area contributed by atoms with Crippen LogP contribution in [-0.2, 0) is 11.8 Å². The molecule has 2 aromatic carbocycles. The van der Waals surface area contributed by atoms with Gasteiger partial charge in [-0.25, -0.2) is 4.68 Å². The molecule has 1 aromatic heterocycles. The van der Waals surface area contributed by atoms with Gasteiger partial charge in [0.05, 0.1) is 6.54 Å². The van der Waals surface area contributed by atoms with E-state index in [0.717, 1.165) is 5.56 Å². The van der Waals surface area contributed by atoms with Crippen LogP contribution in [0.2, 0.25) is 0 Å². The molecular formula is C18H16N6O4. The molecule has 0 unspecified atom stereocenters. The SMILES string of the molecule is Cn1nnnc1-c1cccc(NC(=O)CNC(=O)c2ccc3c(c2)OCO3)c1. The summed E-state index contributed by atoms with van der Waals surface area (Å²) in [5.74, 6) is 0.932. The van der Waals surface area contributed by atoms with Crippen LogP contribution in [0.3, 0.4) is 0 Å². The van der Waals surface area contributed by atoms with Crippen molar-refractivity contribution in [2.45, 2.75) is 0 Å². The largest absolute Gasteiger partial charge is 0.454 e. The predicted octanol–water partition coefficient (Wildman–Crippen LogP) is 0.974. The first-order chi connectivity index (χ1) is 13.6. The third-order valence-corrected chi connectivity index (χ3v) is 4.07. The van der Waals surface area contributed by atoms with Crippen LogP contribution < -0.4 is 20.1 Å². The topological polar surface area (TPSA) is 120 Å². The van der Waals surface area contributed by atoms with Gasteiger partial charge in [-0.05, 0) is 40.8 Å². The number of amides is 2. The molecule has 10 nitrogen and oxygen atoms in total. The van der Waals surface area contributed by atoms with Crippen molar-refractivity contribution in [2.24, 2.45) is 7.05 Å². The number of benzene rings is 2. The molecule has 0 saturated heterocycles. The van der Waals surface area contributed by atoms with Gasteiger partial charge in [-0.1, -0.05) is 12.1 Å². The van der Waals surface area contributed by atoms with Crippen molar-refractivity contribution in [2.75, 3.05) is 18.7 Å². The van der Waals surface area contributed by atoms with E-state index in [-0.39, 0.29) is 25.2 Å². The van der Waals surface area contributed by atoms with E-state index >= 15 is 0 Å². The Morgan fingerprint density at radius 1 is 1.14 bits per heavy atom. The molecule has 0 radical (unpaired) electrons. The number of nitrogens with one attached hydrogen (secondary N) is 2. The first kappa shape index (κ1) is 17.5. The van der Waals surface area contributed by atoms with E-state index in [1.54, 1.807) is 43.4 Å². The average Bonchev–Trinajstić information content (AvgIpc) is 3.34. The number of rotatable bonds is 5. The Kier molecular flexibility index (Phi) is 4.58. The second kappa shape index (κ2) is 7.35. The standard InChI is InChI=1S/C18H16N6O4/c1-24-17(21-22-23-24)11-3-2-4-13(7-11)20-16(25)9-19-18(26)12-5-6-14-15(8-12)28-10-27-14/h2-8H,9-10H2,1H3,(H,19,26)(H,20,25). The highest BCUT2D eigenvalue weighted by Crippen LogP contribution is 2.32. The fourth-order valence-corrected chi connectivity index (χ4v) is 2.72. The van der Waals surface area contributed by atoms with Crippen LogP contribution in [-0.4, -0.2) is 45.4 Å². The lowest BCUT2D eigenvalue weighted by atomic mass is 10.2. The number of nitrogens with zero attached hydrogens (tertiary/aromatic N) is 4. The highest BCUT2D eigenvalue weighted by molar-refractivity contribution is 5.99. The zero-order chi connectivity index (χ0) is 19.5. The minimum absolute atomic E-state index is 0.131. The lowest BCUT2D eigenvalue weighted by Crippen LogP contribution is -2.32. The molecule has 10 heteroatoms. The number of carbonyl (C=O) groups excluding carboxylic acids is 2. The van der Waals surface area contributed by atoms with Crippen molar-refractivity contribution in [1.29, 1.82) is 0 Å². The van der Waals surface area contributed by atoms with Crippen LogP contribution >= 0.6 is 0 Å². The van der Waals surface area contributed by atoms with Crippen LogP contribution in [0.25, 0.3) is 11.4 Å². The van der Waals surface area contributed by atoms with E-state index < -0.39 is 0 Å². The van der Waals surface area contributed by atoms with Crippen molar-refractivity contribution in [3.05, 3.63) is 48.0 Å².